The molecular weight excluding hydrogens is 400 g/mol. The van der Waals surface area contributed by atoms with Gasteiger partial charge < -0.3 is 30.3 Å². The Labute approximate surface area is 181 Å². The average molecular weight is 428 g/mol. The molecule has 0 unspecified atom stereocenters. The fourth-order valence-electron chi connectivity index (χ4n) is 3.77. The maximum atomic E-state index is 12.0. The molecular formula is C20H28N8O3. The first-order chi connectivity index (χ1) is 15.1. The van der Waals surface area contributed by atoms with E-state index in [4.69, 9.17) is 20.2 Å². The number of aromatic nitrogens is 4. The summed E-state index contributed by atoms with van der Waals surface area (Å²) >= 11 is 0. The molecule has 0 bridgehead atoms. The molecule has 0 radical (unpaired) electrons. The lowest BCUT2D eigenvalue weighted by atomic mass is 9.88. The van der Waals surface area contributed by atoms with Crippen molar-refractivity contribution in [1.82, 2.24) is 30.2 Å². The lowest BCUT2D eigenvalue weighted by Gasteiger charge is -2.41. The van der Waals surface area contributed by atoms with Crippen molar-refractivity contribution in [3.8, 4) is 17.1 Å². The molecule has 2 amide bonds. The van der Waals surface area contributed by atoms with Gasteiger partial charge in [0.1, 0.15) is 6.10 Å². The highest BCUT2D eigenvalue weighted by Gasteiger charge is 2.37. The maximum absolute atomic E-state index is 12.0. The Morgan fingerprint density at radius 2 is 2.00 bits per heavy atom. The fourth-order valence-corrected chi connectivity index (χ4v) is 3.77. The van der Waals surface area contributed by atoms with E-state index in [0.717, 1.165) is 18.4 Å². The Balaban J connectivity index is 1.52. The highest BCUT2D eigenvalue weighted by Crippen LogP contribution is 2.31. The number of nitrogens with zero attached hydrogens (tertiary/aromatic N) is 6. The number of carbonyl (C=O) groups is 1. The zero-order chi connectivity index (χ0) is 21.8. The summed E-state index contributed by atoms with van der Waals surface area (Å²) in [5.41, 5.74) is 7.02. The number of carbonyl (C=O) groups excluding carboxylic acids is 1. The second-order valence-electron chi connectivity index (χ2n) is 7.53. The van der Waals surface area contributed by atoms with Crippen LogP contribution in [0.25, 0.3) is 11.3 Å². The van der Waals surface area contributed by atoms with E-state index >= 15 is 0 Å². The number of urea groups is 1. The number of amides is 2. The monoisotopic (exact) mass is 428 g/mol. The molecule has 4 rings (SSSR count). The summed E-state index contributed by atoms with van der Waals surface area (Å²) in [5, 5.41) is 2.69. The number of nitrogens with two attached hydrogens (primary N) is 1. The lowest BCUT2D eigenvalue weighted by Crippen LogP contribution is -2.53. The smallest absolute Gasteiger partial charge is 0.317 e. The van der Waals surface area contributed by atoms with Gasteiger partial charge in [-0.05, 0) is 6.92 Å². The highest BCUT2D eigenvalue weighted by atomic mass is 16.5. The molecule has 1 aliphatic heterocycles. The van der Waals surface area contributed by atoms with Gasteiger partial charge in [0.05, 0.1) is 18.9 Å². The summed E-state index contributed by atoms with van der Waals surface area (Å²) in [6.45, 7) is 5.32. The minimum absolute atomic E-state index is 0.00772. The van der Waals surface area contributed by atoms with Gasteiger partial charge in [-0.15, -0.1) is 0 Å². The summed E-state index contributed by atoms with van der Waals surface area (Å²) in [6.07, 6.45) is 4.79. The molecule has 0 aromatic carbocycles. The largest absolute Gasteiger partial charge is 0.474 e. The number of rotatable bonds is 6. The van der Waals surface area contributed by atoms with Crippen LogP contribution in [0.2, 0.25) is 0 Å². The summed E-state index contributed by atoms with van der Waals surface area (Å²) in [7, 11) is 1.65. The SMILES string of the molecule is CCN(C(=O)NC)[C@H]1C[C@H](Oc2cc(-c3cnc(N)nc3)nc(N3CCOCC3)n2)C1. The van der Waals surface area contributed by atoms with E-state index in [2.05, 4.69) is 25.2 Å². The molecule has 3 N–H and O–H groups in total. The fraction of sp³-hybridized carbons (Fsp3) is 0.550. The van der Waals surface area contributed by atoms with Gasteiger partial charge >= 0.3 is 6.03 Å². The molecule has 11 nitrogen and oxygen atoms in total. The van der Waals surface area contributed by atoms with Crippen molar-refractivity contribution >= 4 is 17.9 Å². The molecule has 1 saturated carbocycles. The summed E-state index contributed by atoms with van der Waals surface area (Å²) < 4.78 is 11.6. The van der Waals surface area contributed by atoms with E-state index in [-0.39, 0.29) is 24.1 Å². The molecule has 2 aliphatic rings. The van der Waals surface area contributed by atoms with Gasteiger partial charge in [-0.25, -0.2) is 19.7 Å². The third-order valence-corrected chi connectivity index (χ3v) is 5.57. The summed E-state index contributed by atoms with van der Waals surface area (Å²) in [5.74, 6) is 1.29. The van der Waals surface area contributed by atoms with Gasteiger partial charge in [-0.3, -0.25) is 0 Å². The van der Waals surface area contributed by atoms with E-state index in [1.54, 1.807) is 25.5 Å². The molecule has 0 spiro atoms. The molecule has 3 heterocycles. The van der Waals surface area contributed by atoms with Crippen LogP contribution in [0, 0.1) is 0 Å². The van der Waals surface area contributed by atoms with Crippen LogP contribution in [0.4, 0.5) is 16.7 Å². The first-order valence-electron chi connectivity index (χ1n) is 10.5. The van der Waals surface area contributed by atoms with Crippen LogP contribution in [0.1, 0.15) is 19.8 Å². The minimum Gasteiger partial charge on any atom is -0.474 e. The Kier molecular flexibility index (Phi) is 6.31. The number of morpholine rings is 1. The molecule has 2 aromatic rings. The number of nitrogen functional groups attached to an aromatic ring is 1. The van der Waals surface area contributed by atoms with E-state index < -0.39 is 0 Å². The van der Waals surface area contributed by atoms with Crippen molar-refractivity contribution in [3.63, 3.8) is 0 Å². The Morgan fingerprint density at radius 1 is 1.29 bits per heavy atom. The van der Waals surface area contributed by atoms with Crippen LogP contribution in [0.3, 0.4) is 0 Å². The van der Waals surface area contributed by atoms with Crippen molar-refractivity contribution in [1.29, 1.82) is 0 Å². The topological polar surface area (TPSA) is 132 Å². The molecule has 1 saturated heterocycles. The Bertz CT molecular complexity index is 898. The van der Waals surface area contributed by atoms with Crippen molar-refractivity contribution in [2.24, 2.45) is 0 Å². The second kappa shape index (κ2) is 9.29. The number of hydrogen-bond acceptors (Lipinski definition) is 9. The maximum Gasteiger partial charge on any atom is 0.317 e. The average Bonchev–Trinajstić information content (AvgIpc) is 2.78. The van der Waals surface area contributed by atoms with Crippen molar-refractivity contribution in [2.75, 3.05) is 50.5 Å². The number of ether oxygens (including phenoxy) is 2. The molecule has 166 valence electrons. The summed E-state index contributed by atoms with van der Waals surface area (Å²) in [6, 6.07) is 1.90. The van der Waals surface area contributed by atoms with Crippen LogP contribution in [0.15, 0.2) is 18.5 Å². The third-order valence-electron chi connectivity index (χ3n) is 5.57. The summed E-state index contributed by atoms with van der Waals surface area (Å²) in [4.78, 5) is 33.4. The molecule has 31 heavy (non-hydrogen) atoms. The van der Waals surface area contributed by atoms with Gasteiger partial charge in [0.2, 0.25) is 17.8 Å². The van der Waals surface area contributed by atoms with E-state index in [1.165, 1.54) is 0 Å². The zero-order valence-corrected chi connectivity index (χ0v) is 17.8. The van der Waals surface area contributed by atoms with Gasteiger partial charge in [0.15, 0.2) is 0 Å². The number of hydrogen-bond donors (Lipinski definition) is 2. The van der Waals surface area contributed by atoms with Gasteiger partial charge in [-0.1, -0.05) is 0 Å². The van der Waals surface area contributed by atoms with Gasteiger partial charge in [-0.2, -0.15) is 4.98 Å². The standard InChI is InChI=1S/C20H28N8O3/c1-3-28(20(29)22-2)14-8-15(9-14)31-17-10-16(13-11-23-18(21)24-12-13)25-19(26-17)27-4-6-30-7-5-27/h10-12,14-15H,3-9H2,1-2H3,(H,22,29)(H2,21,23,24)/t14-,15-. The zero-order valence-electron chi connectivity index (χ0n) is 17.8. The van der Waals surface area contributed by atoms with Crippen LogP contribution in [0.5, 0.6) is 5.88 Å². The normalized spacial score (nSPS) is 20.6. The van der Waals surface area contributed by atoms with Crippen molar-refractivity contribution in [3.05, 3.63) is 18.5 Å². The van der Waals surface area contributed by atoms with Gasteiger partial charge in [0, 0.05) is 69.6 Å². The molecule has 2 aromatic heterocycles. The van der Waals surface area contributed by atoms with Crippen LogP contribution in [-0.2, 0) is 4.74 Å². The van der Waals surface area contributed by atoms with E-state index in [0.29, 0.717) is 50.4 Å². The van der Waals surface area contributed by atoms with Crippen LogP contribution < -0.4 is 20.7 Å². The third kappa shape index (κ3) is 4.76. The predicted molar refractivity (Wildman–Crippen MR) is 115 cm³/mol. The lowest BCUT2D eigenvalue weighted by molar-refractivity contribution is 0.0336. The molecule has 1 aliphatic carbocycles. The number of nitrogens with one attached hydrogen (secondary N) is 1. The van der Waals surface area contributed by atoms with E-state index in [1.807, 2.05) is 11.8 Å². The molecule has 11 heteroatoms. The highest BCUT2D eigenvalue weighted by molar-refractivity contribution is 5.74. The Hall–Kier alpha value is -3.21. The van der Waals surface area contributed by atoms with Gasteiger partial charge in [0.25, 0.3) is 0 Å². The van der Waals surface area contributed by atoms with E-state index in [9.17, 15) is 4.79 Å². The van der Waals surface area contributed by atoms with Crippen molar-refractivity contribution in [2.45, 2.75) is 31.9 Å². The van der Waals surface area contributed by atoms with Crippen LogP contribution in [-0.4, -0.2) is 82.9 Å². The Morgan fingerprint density at radius 3 is 2.65 bits per heavy atom. The number of anilines is 2. The second-order valence-corrected chi connectivity index (χ2v) is 7.53. The molecule has 0 atom stereocenters. The predicted octanol–water partition coefficient (Wildman–Crippen LogP) is 0.923. The first-order valence-corrected chi connectivity index (χ1v) is 10.5. The van der Waals surface area contributed by atoms with Crippen LogP contribution >= 0.6 is 0 Å². The van der Waals surface area contributed by atoms with Crippen molar-refractivity contribution < 1.29 is 14.3 Å². The quantitative estimate of drug-likeness (QED) is 0.689. The minimum atomic E-state index is -0.0618. The first kappa shape index (κ1) is 21.0. The molecule has 2 fully saturated rings.